The highest BCUT2D eigenvalue weighted by molar-refractivity contribution is 6.32. The number of amides is 1. The lowest BCUT2D eigenvalue weighted by Gasteiger charge is -2.08. The molecule has 2 aromatic carbocycles. The molecule has 0 unspecified atom stereocenters. The van der Waals surface area contributed by atoms with Gasteiger partial charge in [0, 0.05) is 36.1 Å². The molecule has 0 fully saturated rings. The smallest absolute Gasteiger partial charge is 0.272 e. The first-order valence-corrected chi connectivity index (χ1v) is 10.7. The van der Waals surface area contributed by atoms with Crippen LogP contribution >= 0.6 is 11.6 Å². The first-order valence-electron chi connectivity index (χ1n) is 10.3. The molecule has 0 aliphatic carbocycles. The third kappa shape index (κ3) is 4.91. The average Bonchev–Trinajstić information content (AvgIpc) is 3.41. The van der Waals surface area contributed by atoms with Gasteiger partial charge in [-0.2, -0.15) is 10.2 Å². The second kappa shape index (κ2) is 9.75. The van der Waals surface area contributed by atoms with E-state index in [0.717, 1.165) is 22.6 Å². The van der Waals surface area contributed by atoms with E-state index in [1.165, 1.54) is 22.9 Å². The molecule has 11 heteroatoms. The number of nitro benzene ring substituents is 1. The van der Waals surface area contributed by atoms with Crippen LogP contribution in [0.25, 0.3) is 5.69 Å². The van der Waals surface area contributed by atoms with E-state index in [-0.39, 0.29) is 34.8 Å². The van der Waals surface area contributed by atoms with E-state index in [1.54, 1.807) is 12.3 Å². The second-order valence-corrected chi connectivity index (χ2v) is 7.87. The van der Waals surface area contributed by atoms with Crippen molar-refractivity contribution in [1.29, 1.82) is 0 Å². The van der Waals surface area contributed by atoms with Gasteiger partial charge in [-0.05, 0) is 38.1 Å². The number of carbonyl (C=O) groups excluding carboxylic acids is 1. The number of hydrogen-bond donors (Lipinski definition) is 1. The minimum atomic E-state index is -0.538. The number of aromatic nitrogens is 4. The lowest BCUT2D eigenvalue weighted by atomic mass is 10.2. The molecule has 0 atom stereocenters. The summed E-state index contributed by atoms with van der Waals surface area (Å²) in [5, 5.41) is 22.6. The van der Waals surface area contributed by atoms with Crippen LogP contribution in [0.5, 0.6) is 5.75 Å². The SMILES string of the molecule is Cc1nn(-c2ccccc2)c(C)c1CNC(=O)c1ccn(COc2ccc([N+](=O)[O-])cc2Cl)n1. The highest BCUT2D eigenvalue weighted by Crippen LogP contribution is 2.28. The highest BCUT2D eigenvalue weighted by Gasteiger charge is 2.16. The van der Waals surface area contributed by atoms with Gasteiger partial charge in [0.1, 0.15) is 11.4 Å². The van der Waals surface area contributed by atoms with Gasteiger partial charge < -0.3 is 10.1 Å². The maximum absolute atomic E-state index is 12.6. The number of rotatable bonds is 8. The van der Waals surface area contributed by atoms with Crippen LogP contribution in [0.1, 0.15) is 27.4 Å². The first kappa shape index (κ1) is 23.0. The minimum Gasteiger partial charge on any atom is -0.470 e. The molecule has 0 spiro atoms. The minimum absolute atomic E-state index is 0.0210. The number of non-ortho nitro benzene ring substituents is 1. The molecule has 0 aliphatic heterocycles. The summed E-state index contributed by atoms with van der Waals surface area (Å²) in [4.78, 5) is 22.9. The number of para-hydroxylation sites is 1. The predicted molar refractivity (Wildman–Crippen MR) is 125 cm³/mol. The number of benzene rings is 2. The van der Waals surface area contributed by atoms with Crippen molar-refractivity contribution in [3.63, 3.8) is 0 Å². The first-order chi connectivity index (χ1) is 16.3. The Morgan fingerprint density at radius 3 is 2.62 bits per heavy atom. The lowest BCUT2D eigenvalue weighted by Crippen LogP contribution is -2.24. The zero-order chi connectivity index (χ0) is 24.2. The fourth-order valence-electron chi connectivity index (χ4n) is 3.42. The van der Waals surface area contributed by atoms with E-state index in [1.807, 2.05) is 48.9 Å². The van der Waals surface area contributed by atoms with Crippen molar-refractivity contribution in [2.24, 2.45) is 0 Å². The molecule has 174 valence electrons. The summed E-state index contributed by atoms with van der Waals surface area (Å²) in [7, 11) is 0. The van der Waals surface area contributed by atoms with E-state index >= 15 is 0 Å². The van der Waals surface area contributed by atoms with Crippen LogP contribution < -0.4 is 10.1 Å². The Bertz CT molecular complexity index is 1350. The van der Waals surface area contributed by atoms with Crippen LogP contribution in [-0.2, 0) is 13.3 Å². The van der Waals surface area contributed by atoms with E-state index in [2.05, 4.69) is 15.5 Å². The zero-order valence-electron chi connectivity index (χ0n) is 18.4. The fourth-order valence-corrected chi connectivity index (χ4v) is 3.65. The predicted octanol–water partition coefficient (Wildman–Crippen LogP) is 4.21. The van der Waals surface area contributed by atoms with Gasteiger partial charge in [-0.3, -0.25) is 14.9 Å². The largest absolute Gasteiger partial charge is 0.470 e. The van der Waals surface area contributed by atoms with Crippen LogP contribution in [0, 0.1) is 24.0 Å². The van der Waals surface area contributed by atoms with Crippen LogP contribution in [-0.4, -0.2) is 30.4 Å². The summed E-state index contributed by atoms with van der Waals surface area (Å²) in [5.41, 5.74) is 3.77. The van der Waals surface area contributed by atoms with Gasteiger partial charge in [-0.1, -0.05) is 29.8 Å². The van der Waals surface area contributed by atoms with Crippen molar-refractivity contribution in [1.82, 2.24) is 24.9 Å². The molecule has 1 amide bonds. The van der Waals surface area contributed by atoms with Crippen molar-refractivity contribution in [3.8, 4) is 11.4 Å². The summed E-state index contributed by atoms with van der Waals surface area (Å²) in [6, 6.07) is 15.3. The van der Waals surface area contributed by atoms with Crippen molar-refractivity contribution in [3.05, 3.63) is 98.6 Å². The highest BCUT2D eigenvalue weighted by atomic mass is 35.5. The summed E-state index contributed by atoms with van der Waals surface area (Å²) in [6.07, 6.45) is 1.60. The normalized spacial score (nSPS) is 10.8. The lowest BCUT2D eigenvalue weighted by molar-refractivity contribution is -0.384. The molecule has 0 radical (unpaired) electrons. The Morgan fingerprint density at radius 2 is 1.91 bits per heavy atom. The van der Waals surface area contributed by atoms with Gasteiger partial charge in [-0.25, -0.2) is 9.36 Å². The number of hydrogen-bond acceptors (Lipinski definition) is 6. The standard InChI is InChI=1S/C23H21ClN6O4/c1-15-19(16(2)29(26-15)17-6-4-3-5-7-17)13-25-23(31)21-10-11-28(27-21)14-34-22-9-8-18(30(32)33)12-20(22)24/h3-12H,13-14H2,1-2H3,(H,25,31). The Morgan fingerprint density at radius 1 is 1.15 bits per heavy atom. The summed E-state index contributed by atoms with van der Waals surface area (Å²) < 4.78 is 8.84. The molecule has 10 nitrogen and oxygen atoms in total. The van der Waals surface area contributed by atoms with Crippen LogP contribution in [0.15, 0.2) is 60.8 Å². The van der Waals surface area contributed by atoms with E-state index in [4.69, 9.17) is 16.3 Å². The second-order valence-electron chi connectivity index (χ2n) is 7.47. The molecule has 0 saturated carbocycles. The molecular formula is C23H21ClN6O4. The number of aryl methyl sites for hydroxylation is 1. The van der Waals surface area contributed by atoms with E-state index < -0.39 is 4.92 Å². The number of nitro groups is 1. The molecule has 0 bridgehead atoms. The van der Waals surface area contributed by atoms with Crippen LogP contribution in [0.3, 0.4) is 0 Å². The molecule has 2 aromatic heterocycles. The fraction of sp³-hybridized carbons (Fsp3) is 0.174. The molecule has 4 aromatic rings. The molecule has 2 heterocycles. The Labute approximate surface area is 199 Å². The molecular weight excluding hydrogens is 460 g/mol. The van der Waals surface area contributed by atoms with Gasteiger partial charge in [-0.15, -0.1) is 0 Å². The average molecular weight is 481 g/mol. The number of halogens is 1. The summed E-state index contributed by atoms with van der Waals surface area (Å²) in [6.45, 7) is 4.16. The maximum atomic E-state index is 12.6. The van der Waals surface area contributed by atoms with Crippen LogP contribution in [0.2, 0.25) is 5.02 Å². The summed E-state index contributed by atoms with van der Waals surface area (Å²) >= 11 is 6.03. The van der Waals surface area contributed by atoms with Crippen molar-refractivity contribution in [2.75, 3.05) is 0 Å². The maximum Gasteiger partial charge on any atom is 0.272 e. The molecule has 34 heavy (non-hydrogen) atoms. The third-order valence-electron chi connectivity index (χ3n) is 5.22. The Balaban J connectivity index is 1.37. The van der Waals surface area contributed by atoms with Gasteiger partial charge in [0.15, 0.2) is 6.73 Å². The Hall–Kier alpha value is -4.18. The van der Waals surface area contributed by atoms with Gasteiger partial charge in [0.25, 0.3) is 11.6 Å². The van der Waals surface area contributed by atoms with Gasteiger partial charge in [0.05, 0.1) is 21.3 Å². The van der Waals surface area contributed by atoms with Crippen molar-refractivity contribution >= 4 is 23.2 Å². The number of nitrogens with zero attached hydrogens (tertiary/aromatic N) is 5. The van der Waals surface area contributed by atoms with E-state index in [0.29, 0.717) is 6.54 Å². The summed E-state index contributed by atoms with van der Waals surface area (Å²) in [5.74, 6) is -0.0615. The zero-order valence-corrected chi connectivity index (χ0v) is 19.2. The third-order valence-corrected chi connectivity index (χ3v) is 5.51. The number of nitrogens with one attached hydrogen (secondary N) is 1. The molecule has 1 N–H and O–H groups in total. The van der Waals surface area contributed by atoms with Crippen molar-refractivity contribution < 1.29 is 14.5 Å². The Kier molecular flexibility index (Phi) is 6.60. The quantitative estimate of drug-likeness (QED) is 0.298. The monoisotopic (exact) mass is 480 g/mol. The van der Waals surface area contributed by atoms with Gasteiger partial charge >= 0.3 is 0 Å². The van der Waals surface area contributed by atoms with Gasteiger partial charge in [0.2, 0.25) is 0 Å². The molecule has 0 saturated heterocycles. The topological polar surface area (TPSA) is 117 Å². The van der Waals surface area contributed by atoms with E-state index in [9.17, 15) is 14.9 Å². The number of ether oxygens (including phenoxy) is 1. The molecule has 4 rings (SSSR count). The van der Waals surface area contributed by atoms with Crippen molar-refractivity contribution in [2.45, 2.75) is 27.1 Å². The molecule has 0 aliphatic rings. The number of carbonyl (C=O) groups is 1. The van der Waals surface area contributed by atoms with Crippen LogP contribution in [0.4, 0.5) is 5.69 Å².